The van der Waals surface area contributed by atoms with Crippen LogP contribution in [0.25, 0.3) is 0 Å². The van der Waals surface area contributed by atoms with Crippen molar-refractivity contribution in [2.24, 2.45) is 0 Å². The summed E-state index contributed by atoms with van der Waals surface area (Å²) in [6.45, 7) is 1.88. The van der Waals surface area contributed by atoms with Crippen molar-refractivity contribution in [1.82, 2.24) is 0 Å². The van der Waals surface area contributed by atoms with Crippen molar-refractivity contribution in [3.63, 3.8) is 0 Å². The van der Waals surface area contributed by atoms with E-state index in [-0.39, 0.29) is 18.1 Å². The summed E-state index contributed by atoms with van der Waals surface area (Å²) in [5.41, 5.74) is 1.51. The van der Waals surface area contributed by atoms with Crippen molar-refractivity contribution < 1.29 is 22.8 Å². The van der Waals surface area contributed by atoms with Crippen molar-refractivity contribution >= 4 is 40.5 Å². The number of halogens is 4. The number of fused-ring (bicyclic) bond motifs is 1. The summed E-state index contributed by atoms with van der Waals surface area (Å²) in [6, 6.07) is 8.60. The van der Waals surface area contributed by atoms with E-state index in [9.17, 15) is 22.8 Å². The fourth-order valence-electron chi connectivity index (χ4n) is 3.05. The van der Waals surface area contributed by atoms with Gasteiger partial charge in [-0.05, 0) is 48.4 Å². The predicted octanol–water partition coefficient (Wildman–Crippen LogP) is 4.32. The first-order chi connectivity index (χ1) is 13.1. The lowest BCUT2D eigenvalue weighted by Gasteiger charge is -2.15. The molecule has 28 heavy (non-hydrogen) atoms. The minimum atomic E-state index is -4.57. The first kappa shape index (κ1) is 20.0. The largest absolute Gasteiger partial charge is 0.417 e. The number of alkyl halides is 3. The molecule has 0 aromatic heterocycles. The Morgan fingerprint density at radius 1 is 1.14 bits per heavy atom. The van der Waals surface area contributed by atoms with Crippen LogP contribution >= 0.6 is 11.6 Å². The number of benzene rings is 2. The van der Waals surface area contributed by atoms with Crippen LogP contribution < -0.4 is 15.5 Å². The molecule has 0 spiro atoms. The second-order valence-corrected chi connectivity index (χ2v) is 6.77. The third-order valence-corrected chi connectivity index (χ3v) is 4.69. The number of nitrogens with zero attached hydrogens (tertiary/aromatic N) is 1. The lowest BCUT2D eigenvalue weighted by Crippen LogP contribution is -2.25. The molecule has 0 aliphatic carbocycles. The molecule has 0 unspecified atom stereocenters. The molecule has 0 saturated carbocycles. The second kappa shape index (κ2) is 7.71. The molecular formula is C19H17ClF3N3O2. The minimum absolute atomic E-state index is 0.0408. The first-order valence-electron chi connectivity index (χ1n) is 8.46. The Kier molecular flexibility index (Phi) is 5.51. The van der Waals surface area contributed by atoms with E-state index < -0.39 is 22.7 Å². The van der Waals surface area contributed by atoms with Crippen molar-refractivity contribution in [3.8, 4) is 0 Å². The predicted molar refractivity (Wildman–Crippen MR) is 102 cm³/mol. The van der Waals surface area contributed by atoms with E-state index in [0.717, 1.165) is 23.4 Å². The van der Waals surface area contributed by atoms with Crippen molar-refractivity contribution in [2.75, 3.05) is 28.6 Å². The fourth-order valence-corrected chi connectivity index (χ4v) is 3.27. The van der Waals surface area contributed by atoms with Crippen molar-refractivity contribution in [3.05, 3.63) is 52.5 Å². The molecule has 3 rings (SSSR count). The van der Waals surface area contributed by atoms with Crippen LogP contribution in [0.1, 0.15) is 18.1 Å². The Morgan fingerprint density at radius 3 is 2.54 bits per heavy atom. The normalized spacial score (nSPS) is 13.2. The fraction of sp³-hybridized carbons (Fsp3) is 0.263. The van der Waals surface area contributed by atoms with Gasteiger partial charge in [0.1, 0.15) is 0 Å². The summed E-state index contributed by atoms with van der Waals surface area (Å²) < 4.78 is 38.7. The molecule has 9 heteroatoms. The van der Waals surface area contributed by atoms with Gasteiger partial charge in [0.05, 0.1) is 17.1 Å². The molecule has 2 N–H and O–H groups in total. The van der Waals surface area contributed by atoms with E-state index in [1.54, 1.807) is 23.1 Å². The van der Waals surface area contributed by atoms with Crippen LogP contribution in [0.15, 0.2) is 36.4 Å². The van der Waals surface area contributed by atoms with Gasteiger partial charge in [0.15, 0.2) is 0 Å². The van der Waals surface area contributed by atoms with Crippen LogP contribution in [-0.2, 0) is 22.2 Å². The standard InChI is InChI=1S/C19H17ClF3N3O2/c1-11(27)26-7-6-12-8-14(3-5-17(12)26)25-18(28)10-24-13-2-4-16(20)15(9-13)19(21,22)23/h2-5,8-9,24H,6-7,10H2,1H3,(H,25,28). The summed E-state index contributed by atoms with van der Waals surface area (Å²) >= 11 is 5.58. The van der Waals surface area contributed by atoms with Gasteiger partial charge in [-0.1, -0.05) is 11.6 Å². The summed E-state index contributed by atoms with van der Waals surface area (Å²) in [7, 11) is 0. The molecule has 1 aliphatic rings. The van der Waals surface area contributed by atoms with Gasteiger partial charge in [0.2, 0.25) is 11.8 Å². The summed E-state index contributed by atoms with van der Waals surface area (Å²) in [6.07, 6.45) is -3.88. The summed E-state index contributed by atoms with van der Waals surface area (Å²) in [4.78, 5) is 25.4. The number of amides is 2. The van der Waals surface area contributed by atoms with Crippen LogP contribution in [-0.4, -0.2) is 24.9 Å². The van der Waals surface area contributed by atoms with Crippen molar-refractivity contribution in [2.45, 2.75) is 19.5 Å². The van der Waals surface area contributed by atoms with Crippen LogP contribution in [0.5, 0.6) is 0 Å². The number of anilines is 3. The zero-order valence-electron chi connectivity index (χ0n) is 14.9. The zero-order valence-corrected chi connectivity index (χ0v) is 15.6. The molecule has 5 nitrogen and oxygen atoms in total. The molecule has 1 heterocycles. The number of rotatable bonds is 4. The SMILES string of the molecule is CC(=O)N1CCc2cc(NC(=O)CNc3ccc(Cl)c(C(F)(F)F)c3)ccc21. The number of carbonyl (C=O) groups is 2. The second-order valence-electron chi connectivity index (χ2n) is 6.36. The number of carbonyl (C=O) groups excluding carboxylic acids is 2. The molecular weight excluding hydrogens is 395 g/mol. The van der Waals surface area contributed by atoms with E-state index >= 15 is 0 Å². The smallest absolute Gasteiger partial charge is 0.376 e. The van der Waals surface area contributed by atoms with Gasteiger partial charge < -0.3 is 15.5 Å². The number of nitrogens with one attached hydrogen (secondary N) is 2. The minimum Gasteiger partial charge on any atom is -0.376 e. The Bertz CT molecular complexity index is 931. The maximum absolute atomic E-state index is 12.9. The molecule has 0 saturated heterocycles. The van der Waals surface area contributed by atoms with E-state index in [4.69, 9.17) is 11.6 Å². The van der Waals surface area contributed by atoms with E-state index in [0.29, 0.717) is 18.7 Å². The highest BCUT2D eigenvalue weighted by Gasteiger charge is 2.33. The van der Waals surface area contributed by atoms with Crippen molar-refractivity contribution in [1.29, 1.82) is 0 Å². The van der Waals surface area contributed by atoms with E-state index in [1.807, 2.05) is 0 Å². The Balaban J connectivity index is 1.62. The molecule has 2 aromatic carbocycles. The molecule has 1 aliphatic heterocycles. The highest BCUT2D eigenvalue weighted by molar-refractivity contribution is 6.31. The van der Waals surface area contributed by atoms with Gasteiger partial charge >= 0.3 is 6.18 Å². The van der Waals surface area contributed by atoms with Crippen LogP contribution in [0.3, 0.4) is 0 Å². The van der Waals surface area contributed by atoms with Gasteiger partial charge in [-0.25, -0.2) is 0 Å². The van der Waals surface area contributed by atoms with Gasteiger partial charge in [-0.15, -0.1) is 0 Å². The van der Waals surface area contributed by atoms with Crippen LogP contribution in [0, 0.1) is 0 Å². The molecule has 0 atom stereocenters. The average molecular weight is 412 g/mol. The third kappa shape index (κ3) is 4.39. The number of hydrogen-bond donors (Lipinski definition) is 2. The quantitative estimate of drug-likeness (QED) is 0.787. The van der Waals surface area contributed by atoms with Gasteiger partial charge in [0, 0.05) is 30.5 Å². The van der Waals surface area contributed by atoms with E-state index in [1.165, 1.54) is 13.0 Å². The lowest BCUT2D eigenvalue weighted by molar-refractivity contribution is -0.137. The van der Waals surface area contributed by atoms with Gasteiger partial charge in [-0.2, -0.15) is 13.2 Å². The molecule has 0 fully saturated rings. The highest BCUT2D eigenvalue weighted by Crippen LogP contribution is 2.36. The van der Waals surface area contributed by atoms with Gasteiger partial charge in [-0.3, -0.25) is 9.59 Å². The first-order valence-corrected chi connectivity index (χ1v) is 8.84. The zero-order chi connectivity index (χ0) is 20.5. The molecule has 2 amide bonds. The topological polar surface area (TPSA) is 61.4 Å². The Labute approximate surface area is 164 Å². The summed E-state index contributed by atoms with van der Waals surface area (Å²) in [5.74, 6) is -0.453. The highest BCUT2D eigenvalue weighted by atomic mass is 35.5. The molecule has 2 aromatic rings. The Morgan fingerprint density at radius 2 is 1.86 bits per heavy atom. The molecule has 0 bridgehead atoms. The van der Waals surface area contributed by atoms with Crippen LogP contribution in [0.2, 0.25) is 5.02 Å². The maximum Gasteiger partial charge on any atom is 0.417 e. The Hall–Kier alpha value is -2.74. The average Bonchev–Trinajstić information content (AvgIpc) is 3.03. The number of hydrogen-bond acceptors (Lipinski definition) is 3. The lowest BCUT2D eigenvalue weighted by atomic mass is 10.1. The summed E-state index contributed by atoms with van der Waals surface area (Å²) in [5, 5.41) is 4.94. The van der Waals surface area contributed by atoms with E-state index in [2.05, 4.69) is 10.6 Å². The monoisotopic (exact) mass is 411 g/mol. The third-order valence-electron chi connectivity index (χ3n) is 4.36. The van der Waals surface area contributed by atoms with Gasteiger partial charge in [0.25, 0.3) is 0 Å². The molecule has 0 radical (unpaired) electrons. The molecule has 148 valence electrons. The van der Waals surface area contributed by atoms with Crippen LogP contribution in [0.4, 0.5) is 30.2 Å². The maximum atomic E-state index is 12.9.